The van der Waals surface area contributed by atoms with Gasteiger partial charge in [-0.1, -0.05) is 24.3 Å². The molecule has 0 spiro atoms. The van der Waals surface area contributed by atoms with Crippen molar-refractivity contribution in [1.82, 2.24) is 0 Å². The normalized spacial score (nSPS) is 12.0. The van der Waals surface area contributed by atoms with Crippen molar-refractivity contribution in [3.63, 3.8) is 0 Å². The first-order valence-electron chi connectivity index (χ1n) is 15.9. The maximum atomic E-state index is 13.1. The molecule has 0 atom stereocenters. The molecule has 0 fully saturated rings. The molecule has 0 aliphatic heterocycles. The van der Waals surface area contributed by atoms with Crippen LogP contribution in [0.1, 0.15) is 20.7 Å². The summed E-state index contributed by atoms with van der Waals surface area (Å²) in [4.78, 5) is 35.9. The van der Waals surface area contributed by atoms with Crippen LogP contribution >= 0.6 is 0 Å². The minimum absolute atomic E-state index is 0. The monoisotopic (exact) mass is 893 g/mol. The maximum Gasteiger partial charge on any atom is 1.00 e. The zero-order valence-corrected chi connectivity index (χ0v) is 35.1. The van der Waals surface area contributed by atoms with E-state index >= 15 is 0 Å². The predicted molar refractivity (Wildman–Crippen MR) is 209 cm³/mol. The largest absolute Gasteiger partial charge is 1.00 e. The van der Waals surface area contributed by atoms with Crippen LogP contribution in [0.4, 0.5) is 27.5 Å². The number of fused-ring (bicyclic) bond motifs is 2. The van der Waals surface area contributed by atoms with E-state index in [1.54, 1.807) is 0 Å². The SMILES string of the molecule is O=C(Nc1cccc(C(=O)Nc2ccc3cc(S(=O)(=O)O)cc(S(=O)(=O)O)c3c2)c1)Nc1cccc(C(=O)Nc2ccc3cc(S(=O)(=O)O)cc(S(=O)(=O)O)c3c2)c1.[Na+]. The van der Waals surface area contributed by atoms with Gasteiger partial charge in [0.2, 0.25) is 0 Å². The Kier molecular flexibility index (Phi) is 12.7. The number of hydrogen-bond donors (Lipinski definition) is 8. The van der Waals surface area contributed by atoms with Crippen molar-refractivity contribution in [2.75, 3.05) is 21.3 Å². The molecular weight excluding hydrogens is 868 g/mol. The van der Waals surface area contributed by atoms with Gasteiger partial charge in [-0.05, 0) is 95.7 Å². The molecule has 24 heteroatoms. The second-order valence-corrected chi connectivity index (χ2v) is 17.9. The minimum atomic E-state index is -4.98. The third-order valence-electron chi connectivity index (χ3n) is 8.21. The van der Waals surface area contributed by atoms with E-state index in [4.69, 9.17) is 0 Å². The van der Waals surface area contributed by atoms with Gasteiger partial charge in [-0.25, -0.2) is 4.79 Å². The summed E-state index contributed by atoms with van der Waals surface area (Å²) in [7, 11) is -19.6. The molecule has 0 saturated carbocycles. The van der Waals surface area contributed by atoms with Crippen LogP contribution in [0.15, 0.2) is 129 Å². The van der Waals surface area contributed by atoms with E-state index in [1.165, 1.54) is 84.9 Å². The number of nitrogens with one attached hydrogen (secondary N) is 4. The molecule has 19 nitrogen and oxygen atoms in total. The molecule has 0 bridgehead atoms. The Labute approximate surface area is 357 Å². The number of hydrogen-bond acceptors (Lipinski definition) is 11. The fourth-order valence-corrected chi connectivity index (χ4v) is 8.35. The minimum Gasteiger partial charge on any atom is -0.322 e. The zero-order chi connectivity index (χ0) is 42.4. The van der Waals surface area contributed by atoms with E-state index in [-0.39, 0.29) is 85.0 Å². The Hall–Kier alpha value is -5.31. The summed E-state index contributed by atoms with van der Waals surface area (Å²) in [6.07, 6.45) is 0. The molecule has 6 aromatic carbocycles. The second kappa shape index (κ2) is 16.7. The summed E-state index contributed by atoms with van der Waals surface area (Å²) in [6, 6.07) is 21.0. The van der Waals surface area contributed by atoms with Crippen LogP contribution in [-0.4, -0.2) is 69.7 Å². The van der Waals surface area contributed by atoms with Crippen LogP contribution in [0.3, 0.4) is 0 Å². The summed E-state index contributed by atoms with van der Waals surface area (Å²) >= 11 is 0. The third-order valence-corrected chi connectivity index (χ3v) is 11.7. The average Bonchev–Trinajstić information content (AvgIpc) is 3.12. The van der Waals surface area contributed by atoms with E-state index in [9.17, 15) is 66.3 Å². The predicted octanol–water partition coefficient (Wildman–Crippen LogP) is 2.13. The van der Waals surface area contributed by atoms with Gasteiger partial charge in [0.1, 0.15) is 9.79 Å². The van der Waals surface area contributed by atoms with Crippen LogP contribution < -0.4 is 50.8 Å². The molecule has 4 amide bonds. The molecule has 6 rings (SSSR count). The molecule has 0 aliphatic carbocycles. The molecule has 8 N–H and O–H groups in total. The molecule has 0 aromatic heterocycles. The quantitative estimate of drug-likeness (QED) is 0.0722. The summed E-state index contributed by atoms with van der Waals surface area (Å²) in [5, 5.41) is 9.83. The van der Waals surface area contributed by atoms with Crippen molar-refractivity contribution in [2.24, 2.45) is 0 Å². The van der Waals surface area contributed by atoms with Crippen LogP contribution in [0.25, 0.3) is 21.5 Å². The van der Waals surface area contributed by atoms with Gasteiger partial charge in [-0.15, -0.1) is 0 Å². The number of amides is 4. The molecule has 0 saturated heterocycles. The summed E-state index contributed by atoms with van der Waals surface area (Å²) < 4.78 is 133. The first-order valence-corrected chi connectivity index (χ1v) is 21.7. The van der Waals surface area contributed by atoms with Gasteiger partial charge in [0.15, 0.2) is 0 Å². The van der Waals surface area contributed by atoms with Crippen LogP contribution in [0, 0.1) is 0 Å². The molecule has 0 radical (unpaired) electrons. The molecule has 6 aromatic rings. The van der Waals surface area contributed by atoms with E-state index in [2.05, 4.69) is 21.3 Å². The molecule has 0 heterocycles. The van der Waals surface area contributed by atoms with Crippen molar-refractivity contribution >= 4 is 103 Å². The van der Waals surface area contributed by atoms with Gasteiger partial charge in [-0.2, -0.15) is 33.7 Å². The second-order valence-electron chi connectivity index (χ2n) is 12.3. The number of carbonyl (C=O) groups is 3. The molecule has 0 aliphatic rings. The fraction of sp³-hybridized carbons (Fsp3) is 0. The number of carbonyl (C=O) groups excluding carboxylic acids is 3. The zero-order valence-electron chi connectivity index (χ0n) is 29.8. The van der Waals surface area contributed by atoms with Crippen molar-refractivity contribution in [3.8, 4) is 0 Å². The summed E-state index contributed by atoms with van der Waals surface area (Å²) in [5.41, 5.74) is 0.440. The molecule has 59 heavy (non-hydrogen) atoms. The van der Waals surface area contributed by atoms with Crippen molar-refractivity contribution < 1.29 is 95.8 Å². The van der Waals surface area contributed by atoms with E-state index in [1.807, 2.05) is 0 Å². The Morgan fingerprint density at radius 2 is 0.763 bits per heavy atom. The Morgan fingerprint density at radius 3 is 1.10 bits per heavy atom. The van der Waals surface area contributed by atoms with Gasteiger partial charge >= 0.3 is 35.6 Å². The molecule has 300 valence electrons. The van der Waals surface area contributed by atoms with Gasteiger partial charge < -0.3 is 21.3 Å². The van der Waals surface area contributed by atoms with Crippen LogP contribution in [-0.2, 0) is 40.5 Å². The summed E-state index contributed by atoms with van der Waals surface area (Å²) in [5.74, 6) is -1.43. The molecular formula is C35H26N4NaO15S4+. The fourth-order valence-electron chi connectivity index (χ4n) is 5.65. The first-order chi connectivity index (χ1) is 27.0. The Bertz CT molecular complexity index is 2990. The smallest absolute Gasteiger partial charge is 0.322 e. The summed E-state index contributed by atoms with van der Waals surface area (Å²) in [6.45, 7) is 0. The van der Waals surface area contributed by atoms with Gasteiger partial charge in [0.25, 0.3) is 52.3 Å². The van der Waals surface area contributed by atoms with Gasteiger partial charge in [0, 0.05) is 44.6 Å². The average molecular weight is 894 g/mol. The third kappa shape index (κ3) is 10.7. The van der Waals surface area contributed by atoms with Crippen molar-refractivity contribution in [2.45, 2.75) is 19.6 Å². The van der Waals surface area contributed by atoms with E-state index in [0.29, 0.717) is 12.1 Å². The number of benzene rings is 6. The van der Waals surface area contributed by atoms with Crippen molar-refractivity contribution in [3.05, 3.63) is 120 Å². The standard InChI is InChI=1S/C35H26N4O15S4.Na/c40-33(36-25-9-7-19-13-27(55(43,44)45)17-31(29(19)15-25)57(49,50)51)21-3-1-5-23(11-21)38-35(42)39-24-6-2-4-22(12-24)34(41)37-26-10-8-20-14-28(56(46,47)48)18-32(30(20)16-26)58(52,53)54;/h1-18H,(H,36,40)(H,37,41)(H2,38,39,42)(H,43,44,45)(H,46,47,48)(H,49,50,51)(H,52,53,54);/q;+1. The number of urea groups is 1. The Morgan fingerprint density at radius 1 is 0.407 bits per heavy atom. The number of anilines is 4. The van der Waals surface area contributed by atoms with E-state index < -0.39 is 77.9 Å². The van der Waals surface area contributed by atoms with Crippen LogP contribution in [0.5, 0.6) is 0 Å². The maximum absolute atomic E-state index is 13.1. The molecule has 0 unspecified atom stereocenters. The Balaban J connectivity index is 0.00000661. The van der Waals surface area contributed by atoms with Gasteiger partial charge in [-0.3, -0.25) is 27.8 Å². The van der Waals surface area contributed by atoms with E-state index in [0.717, 1.165) is 12.1 Å². The van der Waals surface area contributed by atoms with Crippen molar-refractivity contribution in [1.29, 1.82) is 0 Å². The van der Waals surface area contributed by atoms with Crippen LogP contribution in [0.2, 0.25) is 0 Å². The van der Waals surface area contributed by atoms with Gasteiger partial charge in [0.05, 0.1) is 9.79 Å². The topological polar surface area (TPSA) is 317 Å². The number of rotatable bonds is 10. The first kappa shape index (κ1) is 44.8.